The highest BCUT2D eigenvalue weighted by Gasteiger charge is 2.33. The topological polar surface area (TPSA) is 76.7 Å². The van der Waals surface area contributed by atoms with Gasteiger partial charge in [-0.2, -0.15) is 0 Å². The zero-order valence-electron chi connectivity index (χ0n) is 14.9. The van der Waals surface area contributed by atoms with Crippen molar-refractivity contribution in [3.8, 4) is 0 Å². The number of hydrogen-bond acceptors (Lipinski definition) is 3. The molecule has 7 nitrogen and oxygen atoms in total. The second-order valence-electron chi connectivity index (χ2n) is 7.51. The SMILES string of the molecule is O=[N+]([O-])c1ccc(C[NH+]2CCC([NH+]3CC[NH+](CCO)CC3)CC2)cc1. The Morgan fingerprint density at radius 1 is 1.00 bits per heavy atom. The molecule has 2 fully saturated rings. The van der Waals surface area contributed by atoms with Crippen LogP contribution < -0.4 is 14.7 Å². The molecule has 0 amide bonds. The highest BCUT2D eigenvalue weighted by molar-refractivity contribution is 5.32. The number of likely N-dealkylation sites (tertiary alicyclic amines) is 1. The summed E-state index contributed by atoms with van der Waals surface area (Å²) in [7, 11) is 0. The van der Waals surface area contributed by atoms with Crippen molar-refractivity contribution in [3.63, 3.8) is 0 Å². The Morgan fingerprint density at radius 3 is 2.20 bits per heavy atom. The number of aliphatic hydroxyl groups excluding tert-OH is 1. The quantitative estimate of drug-likeness (QED) is 0.324. The van der Waals surface area contributed by atoms with Crippen molar-refractivity contribution in [3.05, 3.63) is 39.9 Å². The molecule has 0 atom stereocenters. The van der Waals surface area contributed by atoms with Crippen LogP contribution in [0.2, 0.25) is 0 Å². The molecule has 0 aromatic heterocycles. The van der Waals surface area contributed by atoms with Crippen molar-refractivity contribution in [2.75, 3.05) is 52.4 Å². The van der Waals surface area contributed by atoms with Crippen molar-refractivity contribution >= 4 is 5.69 Å². The first-order valence-corrected chi connectivity index (χ1v) is 9.51. The van der Waals surface area contributed by atoms with Gasteiger partial charge in [-0.15, -0.1) is 0 Å². The Hall–Kier alpha value is -1.54. The lowest BCUT2D eigenvalue weighted by Crippen LogP contribution is -3.30. The van der Waals surface area contributed by atoms with Crippen molar-refractivity contribution in [2.45, 2.75) is 25.4 Å². The van der Waals surface area contributed by atoms with E-state index >= 15 is 0 Å². The summed E-state index contributed by atoms with van der Waals surface area (Å²) in [6, 6.07) is 7.80. The fourth-order valence-corrected chi connectivity index (χ4v) is 4.38. The molecule has 4 N–H and O–H groups in total. The standard InChI is InChI=1S/C18H28N4O3/c23-14-13-19-9-11-21(12-10-19)17-5-7-20(8-6-17)15-16-1-3-18(4-2-16)22(24)25/h1-4,17,23H,5-15H2/p+3. The third kappa shape index (κ3) is 4.98. The van der Waals surface area contributed by atoms with E-state index in [4.69, 9.17) is 5.11 Å². The van der Waals surface area contributed by atoms with Gasteiger partial charge in [0.15, 0.2) is 0 Å². The van der Waals surface area contributed by atoms with Crippen molar-refractivity contribution in [1.82, 2.24) is 0 Å². The number of benzene rings is 1. The van der Waals surface area contributed by atoms with Crippen LogP contribution in [0.4, 0.5) is 5.69 Å². The Bertz CT molecular complexity index is 550. The van der Waals surface area contributed by atoms with Gasteiger partial charge in [-0.05, 0) is 12.1 Å². The van der Waals surface area contributed by atoms with Gasteiger partial charge in [-0.3, -0.25) is 10.1 Å². The predicted molar refractivity (Wildman–Crippen MR) is 93.9 cm³/mol. The molecule has 2 heterocycles. The zero-order chi connectivity index (χ0) is 17.6. The van der Waals surface area contributed by atoms with E-state index in [1.807, 2.05) is 12.1 Å². The number of aliphatic hydroxyl groups is 1. The fourth-order valence-electron chi connectivity index (χ4n) is 4.38. The van der Waals surface area contributed by atoms with Gasteiger partial charge >= 0.3 is 0 Å². The molecule has 2 saturated heterocycles. The maximum absolute atomic E-state index is 10.7. The Labute approximate surface area is 149 Å². The summed E-state index contributed by atoms with van der Waals surface area (Å²) in [6.45, 7) is 9.39. The summed E-state index contributed by atoms with van der Waals surface area (Å²) in [4.78, 5) is 15.3. The molecule has 7 heteroatoms. The third-order valence-electron chi connectivity index (χ3n) is 5.94. The van der Waals surface area contributed by atoms with E-state index in [9.17, 15) is 10.1 Å². The number of piperidine rings is 1. The second kappa shape index (κ2) is 8.71. The maximum Gasteiger partial charge on any atom is 0.269 e. The second-order valence-corrected chi connectivity index (χ2v) is 7.51. The monoisotopic (exact) mass is 351 g/mol. The van der Waals surface area contributed by atoms with Crippen LogP contribution in [-0.4, -0.2) is 68.5 Å². The Balaban J connectivity index is 1.42. The van der Waals surface area contributed by atoms with E-state index in [1.54, 1.807) is 26.8 Å². The highest BCUT2D eigenvalue weighted by atomic mass is 16.6. The summed E-state index contributed by atoms with van der Waals surface area (Å²) in [6.07, 6.45) is 2.54. The molecule has 0 saturated carbocycles. The summed E-state index contributed by atoms with van der Waals surface area (Å²) in [5, 5.41) is 19.8. The van der Waals surface area contributed by atoms with Gasteiger partial charge in [0.25, 0.3) is 5.69 Å². The van der Waals surface area contributed by atoms with Crippen LogP contribution >= 0.6 is 0 Å². The lowest BCUT2D eigenvalue weighted by molar-refractivity contribution is -1.03. The number of non-ortho nitro benzene ring substituents is 1. The van der Waals surface area contributed by atoms with Crippen LogP contribution in [0.25, 0.3) is 0 Å². The molecule has 0 bridgehead atoms. The molecule has 0 radical (unpaired) electrons. The van der Waals surface area contributed by atoms with Crippen molar-refractivity contribution in [2.24, 2.45) is 0 Å². The molecule has 2 aliphatic heterocycles. The smallest absolute Gasteiger partial charge is 0.269 e. The van der Waals surface area contributed by atoms with E-state index < -0.39 is 0 Å². The summed E-state index contributed by atoms with van der Waals surface area (Å²) in [5.74, 6) is 0. The largest absolute Gasteiger partial charge is 0.391 e. The minimum Gasteiger partial charge on any atom is -0.391 e. The third-order valence-corrected chi connectivity index (χ3v) is 5.94. The van der Waals surface area contributed by atoms with E-state index in [-0.39, 0.29) is 10.6 Å². The number of nitrogens with zero attached hydrogens (tertiary/aromatic N) is 1. The van der Waals surface area contributed by atoms with Crippen LogP contribution in [-0.2, 0) is 6.54 Å². The van der Waals surface area contributed by atoms with E-state index in [2.05, 4.69) is 0 Å². The first-order valence-electron chi connectivity index (χ1n) is 9.51. The lowest BCUT2D eigenvalue weighted by Gasteiger charge is -2.37. The van der Waals surface area contributed by atoms with Gasteiger partial charge < -0.3 is 19.8 Å². The minimum absolute atomic E-state index is 0.170. The number of nitro groups is 1. The minimum atomic E-state index is -0.340. The van der Waals surface area contributed by atoms with Crippen LogP contribution in [0.15, 0.2) is 24.3 Å². The predicted octanol–water partition coefficient (Wildman–Crippen LogP) is -3.08. The van der Waals surface area contributed by atoms with Crippen LogP contribution in [0.3, 0.4) is 0 Å². The summed E-state index contributed by atoms with van der Waals surface area (Å²) in [5.41, 5.74) is 1.36. The number of nitrogens with one attached hydrogen (secondary N) is 3. The summed E-state index contributed by atoms with van der Waals surface area (Å²) >= 11 is 0. The average Bonchev–Trinajstić information content (AvgIpc) is 2.64. The van der Waals surface area contributed by atoms with Gasteiger partial charge in [0.2, 0.25) is 0 Å². The zero-order valence-corrected chi connectivity index (χ0v) is 14.9. The van der Waals surface area contributed by atoms with E-state index in [0.717, 1.165) is 19.1 Å². The number of quaternary nitrogens is 3. The molecule has 1 aromatic rings. The molecule has 0 spiro atoms. The molecule has 1 aromatic carbocycles. The van der Waals surface area contributed by atoms with Gasteiger partial charge in [0, 0.05) is 30.5 Å². The number of hydrogen-bond donors (Lipinski definition) is 4. The molecule has 0 unspecified atom stereocenters. The van der Waals surface area contributed by atoms with Crippen molar-refractivity contribution in [1.29, 1.82) is 0 Å². The molecule has 25 heavy (non-hydrogen) atoms. The number of rotatable bonds is 6. The fraction of sp³-hybridized carbons (Fsp3) is 0.667. The molecule has 138 valence electrons. The Morgan fingerprint density at radius 2 is 1.64 bits per heavy atom. The number of piperazine rings is 1. The molecule has 3 rings (SSSR count). The highest BCUT2D eigenvalue weighted by Crippen LogP contribution is 2.11. The van der Waals surface area contributed by atoms with Gasteiger partial charge in [0.05, 0.1) is 30.7 Å². The van der Waals surface area contributed by atoms with Gasteiger partial charge in [0.1, 0.15) is 39.3 Å². The summed E-state index contributed by atoms with van der Waals surface area (Å²) < 4.78 is 0. The van der Waals surface area contributed by atoms with Gasteiger partial charge in [-0.1, -0.05) is 0 Å². The molecular weight excluding hydrogens is 320 g/mol. The Kier molecular flexibility index (Phi) is 6.36. The van der Waals surface area contributed by atoms with Crippen LogP contribution in [0, 0.1) is 10.1 Å². The number of nitro benzene ring substituents is 1. The lowest BCUT2D eigenvalue weighted by atomic mass is 10.0. The van der Waals surface area contributed by atoms with Crippen molar-refractivity contribution < 1.29 is 24.7 Å². The van der Waals surface area contributed by atoms with Gasteiger partial charge in [-0.25, -0.2) is 0 Å². The molecule has 2 aliphatic rings. The maximum atomic E-state index is 10.7. The first kappa shape index (κ1) is 18.3. The average molecular weight is 351 g/mol. The van der Waals surface area contributed by atoms with Crippen LogP contribution in [0.5, 0.6) is 0 Å². The molecule has 0 aliphatic carbocycles. The molecular formula is C18H31N4O3+3. The normalized spacial score (nSPS) is 30.1. The first-order chi connectivity index (χ1) is 12.2. The van der Waals surface area contributed by atoms with E-state index in [0.29, 0.717) is 6.61 Å². The van der Waals surface area contributed by atoms with E-state index in [1.165, 1.54) is 57.7 Å². The van der Waals surface area contributed by atoms with Crippen LogP contribution in [0.1, 0.15) is 18.4 Å².